The van der Waals surface area contributed by atoms with Crippen molar-refractivity contribution in [3.8, 4) is 0 Å². The number of ether oxygens (including phenoxy) is 3. The van der Waals surface area contributed by atoms with Gasteiger partial charge in [0.1, 0.15) is 5.60 Å². The number of nitrogens with one attached hydrogen (secondary N) is 2. The van der Waals surface area contributed by atoms with Gasteiger partial charge in [-0.2, -0.15) is 0 Å². The predicted molar refractivity (Wildman–Crippen MR) is 88.8 cm³/mol. The zero-order chi connectivity index (χ0) is 17.3. The summed E-state index contributed by atoms with van der Waals surface area (Å²) in [5.74, 6) is 0.703. The van der Waals surface area contributed by atoms with E-state index in [-0.39, 0.29) is 12.1 Å². The van der Waals surface area contributed by atoms with Gasteiger partial charge in [0.25, 0.3) is 0 Å². The number of methoxy groups -OCH3 is 1. The van der Waals surface area contributed by atoms with E-state index in [0.717, 1.165) is 0 Å². The molecule has 0 aromatic heterocycles. The monoisotopic (exact) mass is 330 g/mol. The molecule has 23 heavy (non-hydrogen) atoms. The summed E-state index contributed by atoms with van der Waals surface area (Å²) in [4.78, 5) is 17.7. The zero-order valence-electron chi connectivity index (χ0n) is 14.8. The van der Waals surface area contributed by atoms with Crippen molar-refractivity contribution in [3.63, 3.8) is 0 Å². The molecule has 2 N–H and O–H groups in total. The first-order valence-electron chi connectivity index (χ1n) is 7.87. The lowest BCUT2D eigenvalue weighted by molar-refractivity contribution is 0.00700. The molecule has 8 heteroatoms. The third kappa shape index (κ3) is 8.03. The average molecular weight is 330 g/mol. The lowest BCUT2D eigenvalue weighted by Gasteiger charge is -2.40. The molecule has 134 valence electrons. The molecule has 1 amide bonds. The van der Waals surface area contributed by atoms with E-state index in [4.69, 9.17) is 14.2 Å². The number of amides is 1. The minimum Gasteiger partial charge on any atom is -0.444 e. The Labute approximate surface area is 138 Å². The lowest BCUT2D eigenvalue weighted by Crippen LogP contribution is -2.63. The van der Waals surface area contributed by atoms with Gasteiger partial charge in [0, 0.05) is 33.8 Å². The molecule has 0 unspecified atom stereocenters. The molecule has 1 rings (SSSR count). The molecule has 0 radical (unpaired) electrons. The molecule has 1 heterocycles. The molecule has 1 aliphatic heterocycles. The summed E-state index contributed by atoms with van der Waals surface area (Å²) in [5, 5.41) is 6.43. The Morgan fingerprint density at radius 2 is 1.96 bits per heavy atom. The van der Waals surface area contributed by atoms with Crippen molar-refractivity contribution in [1.29, 1.82) is 0 Å². The van der Waals surface area contributed by atoms with Crippen LogP contribution in [0.4, 0.5) is 4.79 Å². The number of guanidine groups is 1. The topological polar surface area (TPSA) is 84.4 Å². The Kier molecular flexibility index (Phi) is 8.11. The summed E-state index contributed by atoms with van der Waals surface area (Å²) in [6.07, 6.45) is -0.273. The zero-order valence-corrected chi connectivity index (χ0v) is 14.8. The van der Waals surface area contributed by atoms with Crippen LogP contribution in [0.2, 0.25) is 0 Å². The second-order valence-corrected chi connectivity index (χ2v) is 6.33. The maximum atomic E-state index is 11.8. The fourth-order valence-corrected chi connectivity index (χ4v) is 1.92. The van der Waals surface area contributed by atoms with E-state index < -0.39 is 5.60 Å². The van der Waals surface area contributed by atoms with Gasteiger partial charge in [0.15, 0.2) is 5.96 Å². The summed E-state index contributed by atoms with van der Waals surface area (Å²) in [7, 11) is 3.36. The number of nitrogens with zero attached hydrogens (tertiary/aromatic N) is 2. The highest BCUT2D eigenvalue weighted by Crippen LogP contribution is 2.14. The number of hydrogen-bond donors (Lipinski definition) is 2. The van der Waals surface area contributed by atoms with Crippen LogP contribution in [0.3, 0.4) is 0 Å². The van der Waals surface area contributed by atoms with Gasteiger partial charge in [0.05, 0.1) is 25.9 Å². The molecule has 0 saturated carbocycles. The summed E-state index contributed by atoms with van der Waals surface area (Å²) in [6.45, 7) is 9.22. The molecule has 1 fully saturated rings. The summed E-state index contributed by atoms with van der Waals surface area (Å²) < 4.78 is 15.6. The highest BCUT2D eigenvalue weighted by atomic mass is 16.6. The van der Waals surface area contributed by atoms with Crippen LogP contribution in [0.15, 0.2) is 4.99 Å². The fraction of sp³-hybridized carbons (Fsp3) is 0.867. The predicted octanol–water partition coefficient (Wildman–Crippen LogP) is 0.434. The third-order valence-corrected chi connectivity index (χ3v) is 3.07. The van der Waals surface area contributed by atoms with Crippen LogP contribution >= 0.6 is 0 Å². The molecule has 0 aromatic rings. The van der Waals surface area contributed by atoms with E-state index >= 15 is 0 Å². The standard InChI is InChI=1S/C15H30N4O4/c1-15(2,3)23-14(20)19-10-12(11-19)18-13(16-4)17-6-7-22-9-8-21-5/h12H,6-11H2,1-5H3,(H2,16,17,18). The van der Waals surface area contributed by atoms with Gasteiger partial charge in [-0.25, -0.2) is 4.79 Å². The van der Waals surface area contributed by atoms with Crippen molar-refractivity contribution in [2.24, 2.45) is 4.99 Å². The second kappa shape index (κ2) is 9.57. The minimum atomic E-state index is -0.462. The van der Waals surface area contributed by atoms with E-state index in [0.29, 0.717) is 45.4 Å². The number of rotatable bonds is 7. The van der Waals surface area contributed by atoms with E-state index in [9.17, 15) is 4.79 Å². The van der Waals surface area contributed by atoms with E-state index in [1.54, 1.807) is 19.1 Å². The minimum absolute atomic E-state index is 0.183. The van der Waals surface area contributed by atoms with Crippen molar-refractivity contribution in [2.75, 3.05) is 53.6 Å². The fourth-order valence-electron chi connectivity index (χ4n) is 1.92. The van der Waals surface area contributed by atoms with Gasteiger partial charge in [-0.3, -0.25) is 4.99 Å². The number of carbonyl (C=O) groups excluding carboxylic acids is 1. The van der Waals surface area contributed by atoms with Crippen LogP contribution in [-0.4, -0.2) is 82.2 Å². The Hall–Kier alpha value is -1.54. The number of carbonyl (C=O) groups is 1. The largest absolute Gasteiger partial charge is 0.444 e. The van der Waals surface area contributed by atoms with Crippen LogP contribution in [0.5, 0.6) is 0 Å². The molecule has 0 atom stereocenters. The highest BCUT2D eigenvalue weighted by Gasteiger charge is 2.34. The molecule has 1 aliphatic rings. The van der Waals surface area contributed by atoms with E-state index in [1.165, 1.54) is 0 Å². The van der Waals surface area contributed by atoms with Crippen molar-refractivity contribution in [1.82, 2.24) is 15.5 Å². The number of hydrogen-bond acceptors (Lipinski definition) is 5. The van der Waals surface area contributed by atoms with Crippen LogP contribution < -0.4 is 10.6 Å². The van der Waals surface area contributed by atoms with Gasteiger partial charge in [0.2, 0.25) is 0 Å². The maximum absolute atomic E-state index is 11.8. The average Bonchev–Trinajstić information content (AvgIpc) is 2.41. The highest BCUT2D eigenvalue weighted by molar-refractivity contribution is 5.80. The SMILES string of the molecule is CN=C(NCCOCCOC)NC1CN(C(=O)OC(C)(C)C)C1. The second-order valence-electron chi connectivity index (χ2n) is 6.33. The van der Waals surface area contributed by atoms with Crippen molar-refractivity contribution in [3.05, 3.63) is 0 Å². The quantitative estimate of drug-likeness (QED) is 0.400. The molecule has 0 aromatic carbocycles. The lowest BCUT2D eigenvalue weighted by atomic mass is 10.1. The normalized spacial score (nSPS) is 16.0. The molecular weight excluding hydrogens is 300 g/mol. The third-order valence-electron chi connectivity index (χ3n) is 3.07. The van der Waals surface area contributed by atoms with Crippen LogP contribution in [0, 0.1) is 0 Å². The molecule has 0 bridgehead atoms. The Balaban J connectivity index is 2.15. The van der Waals surface area contributed by atoms with E-state index in [2.05, 4.69) is 15.6 Å². The Morgan fingerprint density at radius 3 is 2.52 bits per heavy atom. The van der Waals surface area contributed by atoms with Crippen molar-refractivity contribution in [2.45, 2.75) is 32.4 Å². The Morgan fingerprint density at radius 1 is 1.26 bits per heavy atom. The summed E-state index contributed by atoms with van der Waals surface area (Å²) in [6, 6.07) is 0.183. The van der Waals surface area contributed by atoms with Gasteiger partial charge in [-0.1, -0.05) is 0 Å². The molecule has 1 saturated heterocycles. The molecule has 0 spiro atoms. The van der Waals surface area contributed by atoms with Crippen molar-refractivity contribution < 1.29 is 19.0 Å². The maximum Gasteiger partial charge on any atom is 0.410 e. The molecular formula is C15H30N4O4. The van der Waals surface area contributed by atoms with Crippen LogP contribution in [0.1, 0.15) is 20.8 Å². The summed E-state index contributed by atoms with van der Waals surface area (Å²) in [5.41, 5.74) is -0.462. The van der Waals surface area contributed by atoms with Crippen LogP contribution in [-0.2, 0) is 14.2 Å². The number of likely N-dealkylation sites (tertiary alicyclic amines) is 1. The smallest absolute Gasteiger partial charge is 0.410 e. The van der Waals surface area contributed by atoms with Gasteiger partial charge in [-0.15, -0.1) is 0 Å². The molecule has 8 nitrogen and oxygen atoms in total. The van der Waals surface area contributed by atoms with Gasteiger partial charge >= 0.3 is 6.09 Å². The first-order valence-corrected chi connectivity index (χ1v) is 7.87. The number of aliphatic imine (C=N–C) groups is 1. The first-order chi connectivity index (χ1) is 10.9. The first kappa shape index (κ1) is 19.5. The Bertz CT molecular complexity index is 389. The van der Waals surface area contributed by atoms with Gasteiger partial charge in [-0.05, 0) is 20.8 Å². The van der Waals surface area contributed by atoms with Gasteiger partial charge < -0.3 is 29.7 Å². The van der Waals surface area contributed by atoms with Crippen LogP contribution in [0.25, 0.3) is 0 Å². The van der Waals surface area contributed by atoms with E-state index in [1.807, 2.05) is 20.8 Å². The molecule has 0 aliphatic carbocycles. The summed E-state index contributed by atoms with van der Waals surface area (Å²) >= 11 is 0. The van der Waals surface area contributed by atoms with Crippen molar-refractivity contribution >= 4 is 12.1 Å².